The zero-order valence-corrected chi connectivity index (χ0v) is 13.9. The number of furan rings is 1. The number of nitrogens with zero attached hydrogens (tertiary/aromatic N) is 1. The lowest BCUT2D eigenvalue weighted by atomic mass is 9.96. The van der Waals surface area contributed by atoms with Crippen LogP contribution in [0.15, 0.2) is 22.8 Å². The first-order valence-corrected chi connectivity index (χ1v) is 8.07. The Hall–Kier alpha value is -1.53. The summed E-state index contributed by atoms with van der Waals surface area (Å²) >= 11 is 0. The van der Waals surface area contributed by atoms with Gasteiger partial charge in [0.2, 0.25) is 11.8 Å². The van der Waals surface area contributed by atoms with E-state index in [9.17, 15) is 9.59 Å². The van der Waals surface area contributed by atoms with E-state index in [-0.39, 0.29) is 36.2 Å². The summed E-state index contributed by atoms with van der Waals surface area (Å²) in [4.78, 5) is 26.8. The van der Waals surface area contributed by atoms with Crippen LogP contribution in [-0.2, 0) is 16.1 Å². The van der Waals surface area contributed by atoms with Crippen molar-refractivity contribution in [2.75, 3.05) is 19.6 Å². The Kier molecular flexibility index (Phi) is 6.47. The number of hydrogen-bond acceptors (Lipinski definition) is 4. The summed E-state index contributed by atoms with van der Waals surface area (Å²) in [6, 6.07) is 3.30. The number of piperidine rings is 1. The molecule has 1 aromatic rings. The summed E-state index contributed by atoms with van der Waals surface area (Å²) in [5.41, 5.74) is 0. The lowest BCUT2D eigenvalue weighted by Gasteiger charge is -2.30. The van der Waals surface area contributed by atoms with Crippen molar-refractivity contribution in [3.05, 3.63) is 24.2 Å². The molecule has 0 spiro atoms. The molecule has 0 aromatic carbocycles. The van der Waals surface area contributed by atoms with Gasteiger partial charge in [-0.05, 0) is 50.9 Å². The molecule has 2 saturated heterocycles. The Morgan fingerprint density at radius 2 is 2.09 bits per heavy atom. The van der Waals surface area contributed by atoms with Gasteiger partial charge in [0.05, 0.1) is 12.8 Å². The Morgan fingerprint density at radius 3 is 2.78 bits per heavy atom. The molecule has 128 valence electrons. The standard InChI is InChI=1S/C16H23N3O3.ClH/c20-15(18-11-13-3-2-10-22-13)14-4-1-9-19(14)16(21)12-5-7-17-8-6-12;/h2-3,10,12,14,17H,1,4-9,11H2,(H,18,20);1H. The molecular formula is C16H24ClN3O3. The molecule has 6 nitrogen and oxygen atoms in total. The molecule has 2 amide bonds. The Labute approximate surface area is 142 Å². The van der Waals surface area contributed by atoms with E-state index in [2.05, 4.69) is 10.6 Å². The Bertz CT molecular complexity index is 515. The topological polar surface area (TPSA) is 74.6 Å². The maximum atomic E-state index is 12.6. The molecule has 0 radical (unpaired) electrons. The van der Waals surface area contributed by atoms with Crippen LogP contribution in [0.3, 0.4) is 0 Å². The summed E-state index contributed by atoms with van der Waals surface area (Å²) in [6.45, 7) is 2.85. The fraction of sp³-hybridized carbons (Fsp3) is 0.625. The van der Waals surface area contributed by atoms with Crippen LogP contribution in [0.1, 0.15) is 31.4 Å². The largest absolute Gasteiger partial charge is 0.467 e. The normalized spacial score (nSPS) is 21.7. The van der Waals surface area contributed by atoms with Crippen molar-refractivity contribution in [2.45, 2.75) is 38.3 Å². The van der Waals surface area contributed by atoms with Crippen LogP contribution in [0.25, 0.3) is 0 Å². The van der Waals surface area contributed by atoms with Crippen LogP contribution in [0, 0.1) is 5.92 Å². The number of hydrogen-bond donors (Lipinski definition) is 2. The third-order valence-corrected chi connectivity index (χ3v) is 4.54. The number of carbonyl (C=O) groups is 2. The molecule has 23 heavy (non-hydrogen) atoms. The minimum atomic E-state index is -0.322. The first kappa shape index (κ1) is 17.8. The Balaban J connectivity index is 0.00000192. The molecule has 1 aromatic heterocycles. The quantitative estimate of drug-likeness (QED) is 0.866. The third-order valence-electron chi connectivity index (χ3n) is 4.54. The molecule has 2 aliphatic heterocycles. The highest BCUT2D eigenvalue weighted by molar-refractivity contribution is 5.89. The lowest BCUT2D eigenvalue weighted by molar-refractivity contribution is -0.142. The molecule has 1 unspecified atom stereocenters. The van der Waals surface area contributed by atoms with E-state index < -0.39 is 0 Å². The van der Waals surface area contributed by atoms with Crippen molar-refractivity contribution in [3.63, 3.8) is 0 Å². The molecule has 1 atom stereocenters. The number of halogens is 1. The maximum Gasteiger partial charge on any atom is 0.243 e. The van der Waals surface area contributed by atoms with Crippen molar-refractivity contribution in [2.24, 2.45) is 5.92 Å². The molecule has 0 aliphatic carbocycles. The van der Waals surface area contributed by atoms with Gasteiger partial charge >= 0.3 is 0 Å². The molecule has 0 saturated carbocycles. The molecule has 3 heterocycles. The van der Waals surface area contributed by atoms with Gasteiger partial charge in [0.1, 0.15) is 11.8 Å². The molecule has 2 fully saturated rings. The van der Waals surface area contributed by atoms with Gasteiger partial charge in [-0.2, -0.15) is 0 Å². The molecular weight excluding hydrogens is 318 g/mol. The van der Waals surface area contributed by atoms with Gasteiger partial charge in [0.25, 0.3) is 0 Å². The molecule has 7 heteroatoms. The SMILES string of the molecule is Cl.O=C(NCc1ccco1)C1CCCN1C(=O)C1CCNCC1. The number of nitrogens with one attached hydrogen (secondary N) is 2. The maximum absolute atomic E-state index is 12.6. The number of amides is 2. The van der Waals surface area contributed by atoms with Crippen LogP contribution in [0.2, 0.25) is 0 Å². The summed E-state index contributed by atoms with van der Waals surface area (Å²) < 4.78 is 5.21. The van der Waals surface area contributed by atoms with E-state index in [1.54, 1.807) is 17.2 Å². The van der Waals surface area contributed by atoms with Crippen molar-refractivity contribution in [3.8, 4) is 0 Å². The summed E-state index contributed by atoms with van der Waals surface area (Å²) in [5.74, 6) is 0.871. The number of rotatable bonds is 4. The van der Waals surface area contributed by atoms with Gasteiger partial charge in [0.15, 0.2) is 0 Å². The van der Waals surface area contributed by atoms with Crippen molar-refractivity contribution < 1.29 is 14.0 Å². The molecule has 2 N–H and O–H groups in total. The summed E-state index contributed by atoms with van der Waals surface area (Å²) in [7, 11) is 0. The monoisotopic (exact) mass is 341 g/mol. The summed E-state index contributed by atoms with van der Waals surface area (Å²) in [5, 5.41) is 6.15. The van der Waals surface area contributed by atoms with Gasteiger partial charge in [0, 0.05) is 12.5 Å². The van der Waals surface area contributed by atoms with Gasteiger partial charge in [-0.25, -0.2) is 0 Å². The first-order valence-electron chi connectivity index (χ1n) is 8.07. The lowest BCUT2D eigenvalue weighted by Crippen LogP contribution is -2.49. The molecule has 3 rings (SSSR count). The second-order valence-corrected chi connectivity index (χ2v) is 6.01. The molecule has 0 bridgehead atoms. The van der Waals surface area contributed by atoms with Gasteiger partial charge in [-0.15, -0.1) is 12.4 Å². The fourth-order valence-electron chi connectivity index (χ4n) is 3.31. The second-order valence-electron chi connectivity index (χ2n) is 6.01. The Morgan fingerprint density at radius 1 is 1.30 bits per heavy atom. The fourth-order valence-corrected chi connectivity index (χ4v) is 3.31. The van der Waals surface area contributed by atoms with E-state index in [4.69, 9.17) is 4.42 Å². The minimum Gasteiger partial charge on any atom is -0.467 e. The van der Waals surface area contributed by atoms with Crippen molar-refractivity contribution >= 4 is 24.2 Å². The number of likely N-dealkylation sites (tertiary alicyclic amines) is 1. The van der Waals surface area contributed by atoms with Gasteiger partial charge in [-0.1, -0.05) is 0 Å². The predicted molar refractivity (Wildman–Crippen MR) is 88.1 cm³/mol. The van der Waals surface area contributed by atoms with E-state index in [0.29, 0.717) is 13.1 Å². The van der Waals surface area contributed by atoms with Crippen LogP contribution in [0.5, 0.6) is 0 Å². The zero-order chi connectivity index (χ0) is 15.4. The van der Waals surface area contributed by atoms with Crippen LogP contribution >= 0.6 is 12.4 Å². The average molecular weight is 342 g/mol. The van der Waals surface area contributed by atoms with Crippen molar-refractivity contribution in [1.82, 2.24) is 15.5 Å². The highest BCUT2D eigenvalue weighted by atomic mass is 35.5. The predicted octanol–water partition coefficient (Wildman–Crippen LogP) is 1.31. The number of carbonyl (C=O) groups excluding carboxylic acids is 2. The second kappa shape index (κ2) is 8.36. The molecule has 2 aliphatic rings. The van der Waals surface area contributed by atoms with E-state index in [1.165, 1.54) is 0 Å². The van der Waals surface area contributed by atoms with Crippen LogP contribution in [0.4, 0.5) is 0 Å². The smallest absolute Gasteiger partial charge is 0.243 e. The van der Waals surface area contributed by atoms with E-state index in [1.807, 2.05) is 6.07 Å². The van der Waals surface area contributed by atoms with Gasteiger partial charge in [-0.3, -0.25) is 9.59 Å². The van der Waals surface area contributed by atoms with Crippen molar-refractivity contribution in [1.29, 1.82) is 0 Å². The van der Waals surface area contributed by atoms with Crippen LogP contribution < -0.4 is 10.6 Å². The van der Waals surface area contributed by atoms with Gasteiger partial charge < -0.3 is 20.0 Å². The first-order chi connectivity index (χ1) is 10.8. The highest BCUT2D eigenvalue weighted by Gasteiger charge is 2.37. The average Bonchev–Trinajstić information content (AvgIpc) is 3.24. The highest BCUT2D eigenvalue weighted by Crippen LogP contribution is 2.23. The van der Waals surface area contributed by atoms with Crippen LogP contribution in [-0.4, -0.2) is 42.4 Å². The third kappa shape index (κ3) is 4.26. The minimum absolute atomic E-state index is 0. The van der Waals surface area contributed by atoms with E-state index >= 15 is 0 Å². The zero-order valence-electron chi connectivity index (χ0n) is 13.1. The summed E-state index contributed by atoms with van der Waals surface area (Å²) in [6.07, 6.45) is 4.98. The van der Waals surface area contributed by atoms with E-state index in [0.717, 1.165) is 44.5 Å².